The smallest absolute Gasteiger partial charge is 0.150 e. The highest BCUT2D eigenvalue weighted by molar-refractivity contribution is 5.24. The van der Waals surface area contributed by atoms with Crippen LogP contribution in [-0.2, 0) is 25.8 Å². The van der Waals surface area contributed by atoms with Crippen molar-refractivity contribution < 1.29 is 0 Å². The van der Waals surface area contributed by atoms with Gasteiger partial charge >= 0.3 is 0 Å². The van der Waals surface area contributed by atoms with Crippen LogP contribution in [0.25, 0.3) is 0 Å². The van der Waals surface area contributed by atoms with E-state index < -0.39 is 0 Å². The van der Waals surface area contributed by atoms with Crippen molar-refractivity contribution in [3.8, 4) is 0 Å². The third kappa shape index (κ3) is 3.25. The van der Waals surface area contributed by atoms with Crippen molar-refractivity contribution in [3.63, 3.8) is 0 Å². The molecule has 0 aliphatic rings. The molecule has 0 aliphatic heterocycles. The summed E-state index contributed by atoms with van der Waals surface area (Å²) in [7, 11) is 0. The predicted octanol–water partition coefficient (Wildman–Crippen LogP) is 2.67. The monoisotopic (exact) mass is 272 g/mol. The van der Waals surface area contributed by atoms with E-state index >= 15 is 0 Å². The summed E-state index contributed by atoms with van der Waals surface area (Å²) in [4.78, 5) is 4.52. The number of aromatic nitrogens is 3. The molecule has 0 saturated heterocycles. The molecule has 1 atom stereocenters. The van der Waals surface area contributed by atoms with Crippen LogP contribution in [-0.4, -0.2) is 14.8 Å². The van der Waals surface area contributed by atoms with E-state index in [0.29, 0.717) is 6.54 Å². The number of aryl methyl sites for hydroxylation is 3. The van der Waals surface area contributed by atoms with Crippen LogP contribution >= 0.6 is 0 Å². The highest BCUT2D eigenvalue weighted by atomic mass is 15.3. The lowest BCUT2D eigenvalue weighted by atomic mass is 10.0. The molecule has 1 unspecified atom stereocenters. The Labute approximate surface area is 121 Å². The highest BCUT2D eigenvalue weighted by Gasteiger charge is 2.12. The van der Waals surface area contributed by atoms with Gasteiger partial charge in [0.2, 0.25) is 0 Å². The first-order valence-electron chi connectivity index (χ1n) is 7.44. The minimum Gasteiger partial charge on any atom is -0.322 e. The van der Waals surface area contributed by atoms with E-state index in [4.69, 9.17) is 5.73 Å². The molecule has 1 aromatic carbocycles. The Hall–Kier alpha value is -1.68. The Kier molecular flexibility index (Phi) is 4.90. The van der Waals surface area contributed by atoms with E-state index in [1.165, 1.54) is 5.56 Å². The van der Waals surface area contributed by atoms with Gasteiger partial charge in [-0.2, -0.15) is 5.10 Å². The van der Waals surface area contributed by atoms with E-state index in [2.05, 4.69) is 55.1 Å². The Morgan fingerprint density at radius 3 is 2.30 bits per heavy atom. The average molecular weight is 272 g/mol. The summed E-state index contributed by atoms with van der Waals surface area (Å²) >= 11 is 0. The molecular formula is C16H24N4. The van der Waals surface area contributed by atoms with Gasteiger partial charge in [-0.1, -0.05) is 45.0 Å². The quantitative estimate of drug-likeness (QED) is 0.879. The summed E-state index contributed by atoms with van der Waals surface area (Å²) in [6.45, 7) is 7.01. The van der Waals surface area contributed by atoms with Crippen LogP contribution in [0.15, 0.2) is 24.3 Å². The van der Waals surface area contributed by atoms with Crippen molar-refractivity contribution in [2.75, 3.05) is 0 Å². The molecule has 2 aromatic rings. The molecule has 4 nitrogen and oxygen atoms in total. The van der Waals surface area contributed by atoms with E-state index in [1.807, 2.05) is 4.68 Å². The zero-order valence-electron chi connectivity index (χ0n) is 12.6. The summed E-state index contributed by atoms with van der Waals surface area (Å²) in [5, 5.41) is 4.52. The summed E-state index contributed by atoms with van der Waals surface area (Å²) in [5.74, 6) is 1.91. The highest BCUT2D eigenvalue weighted by Crippen LogP contribution is 2.15. The van der Waals surface area contributed by atoms with Gasteiger partial charge in [-0.05, 0) is 17.5 Å². The molecule has 2 N–H and O–H groups in total. The lowest BCUT2D eigenvalue weighted by Gasteiger charge is -2.13. The Morgan fingerprint density at radius 2 is 1.75 bits per heavy atom. The second-order valence-corrected chi connectivity index (χ2v) is 5.04. The van der Waals surface area contributed by atoms with Gasteiger partial charge in [0.1, 0.15) is 5.82 Å². The number of hydrogen-bond acceptors (Lipinski definition) is 3. The van der Waals surface area contributed by atoms with Crippen LogP contribution in [0, 0.1) is 0 Å². The van der Waals surface area contributed by atoms with Crippen LogP contribution in [0.5, 0.6) is 0 Å². The van der Waals surface area contributed by atoms with Gasteiger partial charge in [0, 0.05) is 18.9 Å². The first-order chi connectivity index (χ1) is 9.67. The van der Waals surface area contributed by atoms with Gasteiger partial charge in [0.05, 0.1) is 6.54 Å². The van der Waals surface area contributed by atoms with Crippen molar-refractivity contribution in [2.24, 2.45) is 5.73 Å². The Bertz CT molecular complexity index is 542. The largest absolute Gasteiger partial charge is 0.322 e. The molecule has 1 heterocycles. The molecule has 2 rings (SSSR count). The maximum atomic E-state index is 6.30. The second-order valence-electron chi connectivity index (χ2n) is 5.04. The maximum absolute atomic E-state index is 6.30. The summed E-state index contributed by atoms with van der Waals surface area (Å²) in [5.41, 5.74) is 8.79. The van der Waals surface area contributed by atoms with Crippen molar-refractivity contribution in [1.29, 1.82) is 0 Å². The third-order valence-corrected chi connectivity index (χ3v) is 3.61. The van der Waals surface area contributed by atoms with Gasteiger partial charge in [-0.15, -0.1) is 0 Å². The molecule has 0 saturated carbocycles. The minimum atomic E-state index is -0.0439. The predicted molar refractivity (Wildman–Crippen MR) is 81.5 cm³/mol. The first kappa shape index (κ1) is 14.7. The molecule has 20 heavy (non-hydrogen) atoms. The Morgan fingerprint density at radius 1 is 1.05 bits per heavy atom. The molecule has 0 spiro atoms. The third-order valence-electron chi connectivity index (χ3n) is 3.61. The van der Waals surface area contributed by atoms with E-state index in [9.17, 15) is 0 Å². The van der Waals surface area contributed by atoms with E-state index in [-0.39, 0.29) is 6.04 Å². The number of rotatable bonds is 6. The van der Waals surface area contributed by atoms with Crippen molar-refractivity contribution in [3.05, 3.63) is 47.0 Å². The van der Waals surface area contributed by atoms with Crippen LogP contribution in [0.1, 0.15) is 49.6 Å². The van der Waals surface area contributed by atoms with Crippen molar-refractivity contribution in [2.45, 2.75) is 52.6 Å². The van der Waals surface area contributed by atoms with Crippen LogP contribution < -0.4 is 5.73 Å². The number of benzene rings is 1. The summed E-state index contributed by atoms with van der Waals surface area (Å²) in [6, 6.07) is 8.49. The van der Waals surface area contributed by atoms with Gasteiger partial charge in [0.15, 0.2) is 5.82 Å². The van der Waals surface area contributed by atoms with Crippen molar-refractivity contribution >= 4 is 0 Å². The maximum Gasteiger partial charge on any atom is 0.150 e. The molecule has 108 valence electrons. The summed E-state index contributed by atoms with van der Waals surface area (Å²) < 4.78 is 1.96. The molecule has 0 radical (unpaired) electrons. The van der Waals surface area contributed by atoms with E-state index in [1.54, 1.807) is 0 Å². The molecule has 0 amide bonds. The zero-order chi connectivity index (χ0) is 14.5. The summed E-state index contributed by atoms with van der Waals surface area (Å²) in [6.07, 6.45) is 2.80. The average Bonchev–Trinajstić information content (AvgIpc) is 2.89. The fourth-order valence-electron chi connectivity index (χ4n) is 2.28. The SMILES string of the molecule is CCc1ccc(C(N)Cn2nc(CC)nc2CC)cc1. The van der Waals surface area contributed by atoms with Gasteiger partial charge < -0.3 is 5.73 Å². The molecule has 0 fully saturated rings. The van der Waals surface area contributed by atoms with Crippen LogP contribution in [0.3, 0.4) is 0 Å². The Balaban J connectivity index is 2.13. The van der Waals surface area contributed by atoms with Gasteiger partial charge in [-0.25, -0.2) is 9.67 Å². The van der Waals surface area contributed by atoms with E-state index in [0.717, 1.165) is 36.5 Å². The van der Waals surface area contributed by atoms with Gasteiger partial charge in [0.25, 0.3) is 0 Å². The van der Waals surface area contributed by atoms with Crippen molar-refractivity contribution in [1.82, 2.24) is 14.8 Å². The van der Waals surface area contributed by atoms with Crippen LogP contribution in [0.2, 0.25) is 0 Å². The number of nitrogens with two attached hydrogens (primary N) is 1. The molecular weight excluding hydrogens is 248 g/mol. The fraction of sp³-hybridized carbons (Fsp3) is 0.500. The molecule has 0 bridgehead atoms. The first-order valence-corrected chi connectivity index (χ1v) is 7.44. The van der Waals surface area contributed by atoms with Gasteiger partial charge in [-0.3, -0.25) is 0 Å². The fourth-order valence-corrected chi connectivity index (χ4v) is 2.28. The zero-order valence-corrected chi connectivity index (χ0v) is 12.6. The number of hydrogen-bond donors (Lipinski definition) is 1. The minimum absolute atomic E-state index is 0.0439. The standard InChI is InChI=1S/C16H24N4/c1-4-12-7-9-13(10-8-12)14(17)11-20-16(6-3)18-15(5-2)19-20/h7-10,14H,4-6,11,17H2,1-3H3. The number of nitrogens with zero attached hydrogens (tertiary/aromatic N) is 3. The molecule has 0 aliphatic carbocycles. The molecule has 4 heteroatoms. The normalized spacial score (nSPS) is 12.6. The topological polar surface area (TPSA) is 56.7 Å². The lowest BCUT2D eigenvalue weighted by Crippen LogP contribution is -2.20. The second kappa shape index (κ2) is 6.66. The molecule has 1 aromatic heterocycles. The van der Waals surface area contributed by atoms with Crippen LogP contribution in [0.4, 0.5) is 0 Å². The lowest BCUT2D eigenvalue weighted by molar-refractivity contribution is 0.505.